The minimum absolute atomic E-state index is 0.648. The molecule has 3 aromatic rings. The van der Waals surface area contributed by atoms with Gasteiger partial charge in [0.05, 0.1) is 0 Å². The molecule has 0 spiro atoms. The average Bonchev–Trinajstić information content (AvgIpc) is 2.63. The highest BCUT2D eigenvalue weighted by molar-refractivity contribution is 5.38. The third-order valence-corrected chi connectivity index (χ3v) is 4.45. The molecule has 0 amide bonds. The first-order valence-corrected chi connectivity index (χ1v) is 8.13. The molecule has 0 bridgehead atoms. The molecule has 0 saturated heterocycles. The summed E-state index contributed by atoms with van der Waals surface area (Å²) in [5.74, 6) is 0. The Hall–Kier alpha value is -2.38. The summed E-state index contributed by atoms with van der Waals surface area (Å²) in [5.41, 5.74) is 3.52. The van der Waals surface area contributed by atoms with Crippen molar-refractivity contribution < 1.29 is 5.11 Å². The number of benzene rings is 3. The molecule has 116 valence electrons. The van der Waals surface area contributed by atoms with Gasteiger partial charge in [0.25, 0.3) is 0 Å². The van der Waals surface area contributed by atoms with E-state index in [1.807, 2.05) is 43.3 Å². The van der Waals surface area contributed by atoms with Gasteiger partial charge < -0.3 is 5.11 Å². The Labute approximate surface area is 138 Å². The molecule has 0 radical (unpaired) electrons. The van der Waals surface area contributed by atoms with Crippen molar-refractivity contribution in [2.24, 2.45) is 0 Å². The van der Waals surface area contributed by atoms with Crippen LogP contribution in [0.4, 0.5) is 0 Å². The van der Waals surface area contributed by atoms with Gasteiger partial charge in [0.15, 0.2) is 0 Å². The predicted molar refractivity (Wildman–Crippen MR) is 95.4 cm³/mol. The summed E-state index contributed by atoms with van der Waals surface area (Å²) in [6.45, 7) is 2.02. The highest BCUT2D eigenvalue weighted by atomic mass is 16.3. The molecule has 3 rings (SSSR count). The van der Waals surface area contributed by atoms with Gasteiger partial charge in [0.1, 0.15) is 5.60 Å². The van der Waals surface area contributed by atoms with E-state index in [1.54, 1.807) is 0 Å². The van der Waals surface area contributed by atoms with E-state index in [-0.39, 0.29) is 0 Å². The molecule has 1 unspecified atom stereocenters. The third kappa shape index (κ3) is 3.35. The Morgan fingerprint density at radius 1 is 0.652 bits per heavy atom. The van der Waals surface area contributed by atoms with E-state index in [2.05, 4.69) is 48.5 Å². The van der Waals surface area contributed by atoms with E-state index in [1.165, 1.54) is 11.1 Å². The van der Waals surface area contributed by atoms with Gasteiger partial charge >= 0.3 is 0 Å². The van der Waals surface area contributed by atoms with Crippen LogP contribution in [0.25, 0.3) is 0 Å². The largest absolute Gasteiger partial charge is 0.380 e. The van der Waals surface area contributed by atoms with E-state index in [0.29, 0.717) is 6.42 Å². The van der Waals surface area contributed by atoms with Gasteiger partial charge in [-0.3, -0.25) is 0 Å². The normalized spacial score (nSPS) is 13.5. The quantitative estimate of drug-likeness (QED) is 0.709. The van der Waals surface area contributed by atoms with Crippen LogP contribution in [0.5, 0.6) is 0 Å². The fourth-order valence-electron chi connectivity index (χ4n) is 3.02. The maximum Gasteiger partial charge on any atom is 0.114 e. The molecule has 1 atom stereocenters. The molecule has 0 heterocycles. The van der Waals surface area contributed by atoms with Crippen molar-refractivity contribution in [3.05, 3.63) is 107 Å². The van der Waals surface area contributed by atoms with Gasteiger partial charge in [0.2, 0.25) is 0 Å². The fraction of sp³-hybridized carbons (Fsp3) is 0.182. The van der Waals surface area contributed by atoms with Crippen LogP contribution in [0, 0.1) is 0 Å². The number of hydrogen-bond donors (Lipinski definition) is 1. The minimum atomic E-state index is -0.924. The lowest BCUT2D eigenvalue weighted by Gasteiger charge is -2.28. The lowest BCUT2D eigenvalue weighted by Crippen LogP contribution is -2.26. The molecular weight excluding hydrogens is 280 g/mol. The molecule has 3 aromatic carbocycles. The summed E-state index contributed by atoms with van der Waals surface area (Å²) in [7, 11) is 0. The van der Waals surface area contributed by atoms with E-state index < -0.39 is 5.60 Å². The van der Waals surface area contributed by atoms with Crippen LogP contribution in [-0.4, -0.2) is 5.11 Å². The molecule has 0 saturated carbocycles. The summed E-state index contributed by atoms with van der Waals surface area (Å²) < 4.78 is 0. The van der Waals surface area contributed by atoms with Crippen molar-refractivity contribution >= 4 is 0 Å². The van der Waals surface area contributed by atoms with E-state index in [9.17, 15) is 5.11 Å². The number of hydrogen-bond acceptors (Lipinski definition) is 1. The van der Waals surface area contributed by atoms with Crippen LogP contribution in [0.15, 0.2) is 84.9 Å². The van der Waals surface area contributed by atoms with Crippen LogP contribution in [0.1, 0.15) is 35.6 Å². The summed E-state index contributed by atoms with van der Waals surface area (Å²) in [5, 5.41) is 11.1. The van der Waals surface area contributed by atoms with Crippen molar-refractivity contribution in [1.82, 2.24) is 0 Å². The summed E-state index contributed by atoms with van der Waals surface area (Å²) in [6, 6.07) is 28.7. The van der Waals surface area contributed by atoms with E-state index >= 15 is 0 Å². The molecule has 0 aliphatic rings. The Morgan fingerprint density at radius 2 is 1.13 bits per heavy atom. The predicted octanol–water partition coefficient (Wildman–Crippen LogP) is 4.92. The minimum Gasteiger partial charge on any atom is -0.380 e. The summed E-state index contributed by atoms with van der Waals surface area (Å²) in [4.78, 5) is 0. The molecule has 0 aliphatic carbocycles. The van der Waals surface area contributed by atoms with Crippen molar-refractivity contribution in [3.63, 3.8) is 0 Å². The topological polar surface area (TPSA) is 20.2 Å². The Bertz CT molecular complexity index is 732. The van der Waals surface area contributed by atoms with Gasteiger partial charge in [-0.1, -0.05) is 91.9 Å². The van der Waals surface area contributed by atoms with Crippen LogP contribution >= 0.6 is 0 Å². The summed E-state index contributed by atoms with van der Waals surface area (Å²) >= 11 is 0. The molecule has 0 fully saturated rings. The first kappa shape index (κ1) is 15.5. The van der Waals surface area contributed by atoms with Gasteiger partial charge in [-0.05, 0) is 35.1 Å². The van der Waals surface area contributed by atoms with Gasteiger partial charge in [-0.15, -0.1) is 0 Å². The fourth-order valence-corrected chi connectivity index (χ4v) is 3.02. The van der Waals surface area contributed by atoms with Gasteiger partial charge in [-0.2, -0.15) is 0 Å². The van der Waals surface area contributed by atoms with Crippen LogP contribution < -0.4 is 0 Å². The highest BCUT2D eigenvalue weighted by Crippen LogP contribution is 2.32. The first-order chi connectivity index (χ1) is 11.2. The molecular formula is C22H22O. The standard InChI is InChI=1S/C22H22O/c1-2-22(23,20-11-7-4-8-12-20)21-15-13-19(14-16-21)17-18-9-5-3-6-10-18/h3-16,23H,2,17H2,1H3. The zero-order valence-corrected chi connectivity index (χ0v) is 13.4. The second-order valence-corrected chi connectivity index (χ2v) is 5.94. The Kier molecular flexibility index (Phi) is 4.59. The zero-order valence-electron chi connectivity index (χ0n) is 13.4. The van der Waals surface area contributed by atoms with Crippen molar-refractivity contribution in [3.8, 4) is 0 Å². The average molecular weight is 302 g/mol. The van der Waals surface area contributed by atoms with Crippen LogP contribution in [-0.2, 0) is 12.0 Å². The lowest BCUT2D eigenvalue weighted by atomic mass is 9.83. The van der Waals surface area contributed by atoms with E-state index in [4.69, 9.17) is 0 Å². The molecule has 1 N–H and O–H groups in total. The second-order valence-electron chi connectivity index (χ2n) is 5.94. The third-order valence-electron chi connectivity index (χ3n) is 4.45. The maximum atomic E-state index is 11.1. The number of rotatable bonds is 5. The Balaban J connectivity index is 1.86. The smallest absolute Gasteiger partial charge is 0.114 e. The lowest BCUT2D eigenvalue weighted by molar-refractivity contribution is 0.0765. The maximum absolute atomic E-state index is 11.1. The molecule has 23 heavy (non-hydrogen) atoms. The molecule has 0 aromatic heterocycles. The van der Waals surface area contributed by atoms with Gasteiger partial charge in [0, 0.05) is 0 Å². The van der Waals surface area contributed by atoms with Gasteiger partial charge in [-0.25, -0.2) is 0 Å². The van der Waals surface area contributed by atoms with Crippen molar-refractivity contribution in [2.45, 2.75) is 25.4 Å². The van der Waals surface area contributed by atoms with E-state index in [0.717, 1.165) is 17.5 Å². The SMILES string of the molecule is CCC(O)(c1ccccc1)c1ccc(Cc2ccccc2)cc1. The zero-order chi connectivity index (χ0) is 16.1. The monoisotopic (exact) mass is 302 g/mol. The number of aliphatic hydroxyl groups is 1. The summed E-state index contributed by atoms with van der Waals surface area (Å²) in [6.07, 6.45) is 1.56. The molecule has 1 nitrogen and oxygen atoms in total. The van der Waals surface area contributed by atoms with Crippen LogP contribution in [0.3, 0.4) is 0 Å². The van der Waals surface area contributed by atoms with Crippen molar-refractivity contribution in [2.75, 3.05) is 0 Å². The molecule has 0 aliphatic heterocycles. The highest BCUT2D eigenvalue weighted by Gasteiger charge is 2.28. The first-order valence-electron chi connectivity index (χ1n) is 8.13. The Morgan fingerprint density at radius 3 is 1.70 bits per heavy atom. The van der Waals surface area contributed by atoms with Crippen molar-refractivity contribution in [1.29, 1.82) is 0 Å². The van der Waals surface area contributed by atoms with Crippen LogP contribution in [0.2, 0.25) is 0 Å². The second kappa shape index (κ2) is 6.80. The molecule has 1 heteroatoms.